The van der Waals surface area contributed by atoms with Crippen LogP contribution in [0.4, 0.5) is 24.5 Å². The number of carbonyl (C=O) groups is 2. The second-order valence-corrected chi connectivity index (χ2v) is 8.83. The third kappa shape index (κ3) is 5.65. The van der Waals surface area contributed by atoms with E-state index in [1.165, 1.54) is 30.1 Å². The molecule has 5 nitrogen and oxygen atoms in total. The second kappa shape index (κ2) is 9.28. The lowest BCUT2D eigenvalue weighted by molar-refractivity contribution is -0.137. The molecule has 0 radical (unpaired) electrons. The molecule has 2 aromatic rings. The van der Waals surface area contributed by atoms with Gasteiger partial charge in [0, 0.05) is 19.2 Å². The smallest absolute Gasteiger partial charge is 0.325 e. The van der Waals surface area contributed by atoms with Gasteiger partial charge in [0.25, 0.3) is 0 Å². The molecule has 0 unspecified atom stereocenters. The molecule has 1 atom stereocenters. The molecule has 2 aromatic carbocycles. The van der Waals surface area contributed by atoms with Crippen molar-refractivity contribution in [2.75, 3.05) is 12.4 Å². The van der Waals surface area contributed by atoms with Gasteiger partial charge in [-0.25, -0.2) is 4.99 Å². The van der Waals surface area contributed by atoms with Crippen LogP contribution in [0.5, 0.6) is 0 Å². The van der Waals surface area contributed by atoms with Gasteiger partial charge in [0.1, 0.15) is 5.25 Å². The molecule has 0 aliphatic carbocycles. The molecule has 12 heteroatoms. The highest BCUT2D eigenvalue weighted by molar-refractivity contribution is 8.15. The fraction of sp³-hybridized carbons (Fsp3) is 0.211. The van der Waals surface area contributed by atoms with Gasteiger partial charge in [-0.2, -0.15) is 13.2 Å². The van der Waals surface area contributed by atoms with Gasteiger partial charge in [-0.15, -0.1) is 0 Å². The molecule has 1 fully saturated rings. The van der Waals surface area contributed by atoms with E-state index in [0.29, 0.717) is 10.7 Å². The molecule has 1 saturated heterocycles. The Labute approximate surface area is 194 Å². The van der Waals surface area contributed by atoms with Crippen LogP contribution in [0.1, 0.15) is 12.0 Å². The van der Waals surface area contributed by atoms with E-state index in [1.807, 2.05) is 0 Å². The summed E-state index contributed by atoms with van der Waals surface area (Å²) in [5.41, 5.74) is -0.707. The number of amidine groups is 1. The van der Waals surface area contributed by atoms with Crippen LogP contribution in [0.3, 0.4) is 0 Å². The number of nitrogens with zero attached hydrogens (tertiary/aromatic N) is 2. The molecule has 0 bridgehead atoms. The molecule has 3 rings (SSSR count). The lowest BCUT2D eigenvalue weighted by Gasteiger charge is -2.29. The molecular formula is C19H13Cl3F3N3O2S. The monoisotopic (exact) mass is 509 g/mol. The van der Waals surface area contributed by atoms with Gasteiger partial charge in [0.05, 0.1) is 26.3 Å². The zero-order valence-electron chi connectivity index (χ0n) is 15.6. The summed E-state index contributed by atoms with van der Waals surface area (Å²) in [6.07, 6.45) is -4.77. The minimum atomic E-state index is -4.66. The summed E-state index contributed by atoms with van der Waals surface area (Å²) in [7, 11) is 1.43. The molecule has 0 saturated carbocycles. The van der Waals surface area contributed by atoms with Gasteiger partial charge in [0.2, 0.25) is 11.8 Å². The SMILES string of the molecule is CN1C(=O)C[C@H](C(=O)Nc2ccc(Cl)c(Cl)c2)SC1=Nc1ccc(Cl)c(C(F)(F)F)c1. The quantitative estimate of drug-likeness (QED) is 0.530. The number of anilines is 1. The van der Waals surface area contributed by atoms with Crippen molar-refractivity contribution in [3.05, 3.63) is 57.0 Å². The van der Waals surface area contributed by atoms with Crippen LogP contribution in [0.25, 0.3) is 0 Å². The third-order valence-corrected chi connectivity index (χ3v) is 6.54. The average Bonchev–Trinajstić information content (AvgIpc) is 2.68. The van der Waals surface area contributed by atoms with Crippen molar-refractivity contribution in [2.24, 2.45) is 4.99 Å². The number of carbonyl (C=O) groups excluding carboxylic acids is 2. The highest BCUT2D eigenvalue weighted by Crippen LogP contribution is 2.37. The Hall–Kier alpha value is -1.94. The zero-order valence-corrected chi connectivity index (χ0v) is 18.7. The number of hydrogen-bond acceptors (Lipinski definition) is 4. The maximum absolute atomic E-state index is 13.1. The van der Waals surface area contributed by atoms with Crippen molar-refractivity contribution in [1.29, 1.82) is 0 Å². The van der Waals surface area contributed by atoms with Gasteiger partial charge in [-0.1, -0.05) is 46.6 Å². The Balaban J connectivity index is 1.84. The van der Waals surface area contributed by atoms with E-state index in [1.54, 1.807) is 6.07 Å². The van der Waals surface area contributed by atoms with E-state index in [-0.39, 0.29) is 22.3 Å². The average molecular weight is 511 g/mol. The first-order valence-corrected chi connectivity index (χ1v) is 10.6. The topological polar surface area (TPSA) is 61.8 Å². The number of alkyl halides is 3. The minimum absolute atomic E-state index is 0.0515. The summed E-state index contributed by atoms with van der Waals surface area (Å²) < 4.78 is 39.3. The largest absolute Gasteiger partial charge is 0.417 e. The molecule has 31 heavy (non-hydrogen) atoms. The molecule has 1 aliphatic rings. The van der Waals surface area contributed by atoms with Gasteiger partial charge in [-0.05, 0) is 36.4 Å². The summed E-state index contributed by atoms with van der Waals surface area (Å²) in [6.45, 7) is 0. The second-order valence-electron chi connectivity index (χ2n) is 6.44. The van der Waals surface area contributed by atoms with Crippen LogP contribution >= 0.6 is 46.6 Å². The lowest BCUT2D eigenvalue weighted by atomic mass is 10.2. The Morgan fingerprint density at radius 3 is 2.45 bits per heavy atom. The molecule has 0 aromatic heterocycles. The first-order chi connectivity index (χ1) is 14.5. The van der Waals surface area contributed by atoms with E-state index in [9.17, 15) is 22.8 Å². The van der Waals surface area contributed by atoms with E-state index >= 15 is 0 Å². The van der Waals surface area contributed by atoms with Crippen molar-refractivity contribution in [2.45, 2.75) is 17.8 Å². The molecule has 1 N–H and O–H groups in total. The first kappa shape index (κ1) is 23.7. The predicted molar refractivity (Wildman–Crippen MR) is 117 cm³/mol. The predicted octanol–water partition coefficient (Wildman–Crippen LogP) is 6.26. The van der Waals surface area contributed by atoms with E-state index < -0.39 is 33.8 Å². The van der Waals surface area contributed by atoms with Crippen molar-refractivity contribution in [3.8, 4) is 0 Å². The van der Waals surface area contributed by atoms with Crippen LogP contribution in [0.15, 0.2) is 41.4 Å². The third-order valence-electron chi connectivity index (χ3n) is 4.23. The van der Waals surface area contributed by atoms with Crippen molar-refractivity contribution in [3.63, 3.8) is 0 Å². The first-order valence-electron chi connectivity index (χ1n) is 8.60. The fourth-order valence-electron chi connectivity index (χ4n) is 2.60. The number of thioether (sulfide) groups is 1. The van der Waals surface area contributed by atoms with Crippen LogP contribution in [0, 0.1) is 0 Å². The highest BCUT2D eigenvalue weighted by Gasteiger charge is 2.35. The Bertz CT molecular complexity index is 1080. The molecule has 1 aliphatic heterocycles. The van der Waals surface area contributed by atoms with Crippen LogP contribution in [-0.2, 0) is 15.8 Å². The van der Waals surface area contributed by atoms with Crippen molar-refractivity contribution >= 4 is 74.9 Å². The van der Waals surface area contributed by atoms with Gasteiger partial charge >= 0.3 is 6.18 Å². The Kier molecular flexibility index (Phi) is 7.10. The van der Waals surface area contributed by atoms with Crippen LogP contribution in [-0.4, -0.2) is 34.2 Å². The molecule has 0 spiro atoms. The summed E-state index contributed by atoms with van der Waals surface area (Å²) in [5.74, 6) is -0.888. The van der Waals surface area contributed by atoms with Crippen LogP contribution in [0.2, 0.25) is 15.1 Å². The number of nitrogens with one attached hydrogen (secondary N) is 1. The number of halogens is 6. The molecule has 164 valence electrons. The maximum atomic E-state index is 13.1. The molecular weight excluding hydrogens is 498 g/mol. The summed E-state index contributed by atoms with van der Waals surface area (Å²) in [5, 5.41) is 1.99. The molecule has 2 amide bonds. The molecule has 1 heterocycles. The van der Waals surface area contributed by atoms with Gasteiger partial charge in [-0.3, -0.25) is 14.5 Å². The normalized spacial score (nSPS) is 18.4. The fourth-order valence-corrected chi connectivity index (χ4v) is 4.19. The number of amides is 2. The number of rotatable bonds is 3. The number of aliphatic imine (C=N–C) groups is 1. The summed E-state index contributed by atoms with van der Waals surface area (Å²) >= 11 is 18.4. The van der Waals surface area contributed by atoms with E-state index in [0.717, 1.165) is 23.9 Å². The number of hydrogen-bond donors (Lipinski definition) is 1. The van der Waals surface area contributed by atoms with Crippen LogP contribution < -0.4 is 5.32 Å². The zero-order chi connectivity index (χ0) is 22.9. The van der Waals surface area contributed by atoms with Crippen molar-refractivity contribution in [1.82, 2.24) is 4.90 Å². The van der Waals surface area contributed by atoms with Crippen molar-refractivity contribution < 1.29 is 22.8 Å². The summed E-state index contributed by atoms with van der Waals surface area (Å²) in [6, 6.07) is 7.68. The highest BCUT2D eigenvalue weighted by atomic mass is 35.5. The van der Waals surface area contributed by atoms with Gasteiger partial charge in [0.15, 0.2) is 5.17 Å². The van der Waals surface area contributed by atoms with E-state index in [2.05, 4.69) is 10.3 Å². The Morgan fingerprint density at radius 2 is 1.81 bits per heavy atom. The summed E-state index contributed by atoms with van der Waals surface area (Å²) in [4.78, 5) is 30.3. The van der Waals surface area contributed by atoms with Gasteiger partial charge < -0.3 is 5.32 Å². The minimum Gasteiger partial charge on any atom is -0.325 e. The standard InChI is InChI=1S/C19H13Cl3F3N3O2S/c1-28-16(29)8-15(17(30)26-10-3-5-13(21)14(22)7-10)31-18(28)27-9-2-4-12(20)11(6-9)19(23,24)25/h2-7,15H,8H2,1H3,(H,26,30)/t15-/m1/s1. The van der Waals surface area contributed by atoms with E-state index in [4.69, 9.17) is 34.8 Å². The lowest BCUT2D eigenvalue weighted by Crippen LogP contribution is -2.43. The Morgan fingerprint density at radius 1 is 1.13 bits per heavy atom. The number of benzene rings is 2. The maximum Gasteiger partial charge on any atom is 0.417 e.